The first-order valence-corrected chi connectivity index (χ1v) is 8.70. The number of likely N-dealkylation sites (tertiary alicyclic amines) is 1. The Labute approximate surface area is 165 Å². The second-order valence-electron chi connectivity index (χ2n) is 6.85. The van der Waals surface area contributed by atoms with Gasteiger partial charge >= 0.3 is 0 Å². The normalized spacial score (nSPS) is 22.9. The predicted octanol–water partition coefficient (Wildman–Crippen LogP) is 2.65. The summed E-state index contributed by atoms with van der Waals surface area (Å²) < 4.78 is 26.3. The Bertz CT molecular complexity index is 555. The van der Waals surface area contributed by atoms with Crippen LogP contribution in [0.3, 0.4) is 0 Å². The van der Waals surface area contributed by atoms with E-state index in [9.17, 15) is 13.6 Å². The monoisotopic (exact) mass is 409 g/mol. The smallest absolute Gasteiger partial charge is 0.262 e. The van der Waals surface area contributed by atoms with Crippen LogP contribution in [-0.2, 0) is 11.2 Å². The number of benzene rings is 1. The van der Waals surface area contributed by atoms with Crippen LogP contribution in [0, 0.1) is 0 Å². The number of amides is 1. The molecule has 0 radical (unpaired) electrons. The van der Waals surface area contributed by atoms with Gasteiger partial charge < -0.3 is 10.2 Å². The van der Waals surface area contributed by atoms with Crippen LogP contribution in [0.2, 0.25) is 0 Å². The molecule has 2 N–H and O–H groups in total. The number of hydrogen-bond acceptors (Lipinski definition) is 3. The first-order chi connectivity index (χ1) is 11.5. The summed E-state index contributed by atoms with van der Waals surface area (Å²) in [6.07, 6.45) is 2.39. The molecule has 0 aromatic heterocycles. The number of carbonyl (C=O) groups is 1. The molecule has 26 heavy (non-hydrogen) atoms. The van der Waals surface area contributed by atoms with E-state index in [-0.39, 0.29) is 36.8 Å². The fourth-order valence-electron chi connectivity index (χ4n) is 3.44. The number of nitrogens with one attached hydrogen (secondary N) is 2. The number of halogens is 4. The van der Waals surface area contributed by atoms with E-state index in [2.05, 4.69) is 39.8 Å². The van der Waals surface area contributed by atoms with E-state index >= 15 is 0 Å². The van der Waals surface area contributed by atoms with Crippen molar-refractivity contribution < 1.29 is 13.6 Å². The second kappa shape index (κ2) is 10.4. The van der Waals surface area contributed by atoms with Gasteiger partial charge in [-0.05, 0) is 24.8 Å². The highest BCUT2D eigenvalue weighted by Crippen LogP contribution is 2.25. The SMILES string of the molecule is Cl.Cl.O=C(NC1CCN(CCc2ccccc2)CC1)C1CC(F)(F)CN1. The van der Waals surface area contributed by atoms with Gasteiger partial charge in [-0.3, -0.25) is 10.1 Å². The van der Waals surface area contributed by atoms with Gasteiger partial charge in [0.05, 0.1) is 12.6 Å². The highest BCUT2D eigenvalue weighted by atomic mass is 35.5. The Morgan fingerprint density at radius 1 is 1.19 bits per heavy atom. The molecule has 2 saturated heterocycles. The van der Waals surface area contributed by atoms with Crippen molar-refractivity contribution in [2.75, 3.05) is 26.2 Å². The molecule has 2 fully saturated rings. The van der Waals surface area contributed by atoms with Crippen molar-refractivity contribution in [3.63, 3.8) is 0 Å². The third kappa shape index (κ3) is 6.65. The summed E-state index contributed by atoms with van der Waals surface area (Å²) in [4.78, 5) is 14.5. The van der Waals surface area contributed by atoms with Gasteiger partial charge in [0.15, 0.2) is 0 Å². The minimum absolute atomic E-state index is 0. The van der Waals surface area contributed by atoms with Gasteiger partial charge in [-0.25, -0.2) is 8.78 Å². The van der Waals surface area contributed by atoms with E-state index in [1.54, 1.807) is 0 Å². The molecule has 1 aromatic rings. The molecule has 0 saturated carbocycles. The summed E-state index contributed by atoms with van der Waals surface area (Å²) in [5.41, 5.74) is 1.33. The molecule has 1 amide bonds. The molecule has 148 valence electrons. The molecule has 0 aliphatic carbocycles. The molecule has 2 heterocycles. The zero-order valence-electron chi connectivity index (χ0n) is 14.6. The predicted molar refractivity (Wildman–Crippen MR) is 104 cm³/mol. The highest BCUT2D eigenvalue weighted by molar-refractivity contribution is 5.85. The number of piperidine rings is 1. The van der Waals surface area contributed by atoms with Crippen LogP contribution in [0.4, 0.5) is 8.78 Å². The number of nitrogens with zero attached hydrogens (tertiary/aromatic N) is 1. The summed E-state index contributed by atoms with van der Waals surface area (Å²) in [7, 11) is 0. The van der Waals surface area contributed by atoms with Gasteiger partial charge in [-0.2, -0.15) is 0 Å². The molecule has 3 rings (SSSR count). The lowest BCUT2D eigenvalue weighted by atomic mass is 10.0. The Balaban J connectivity index is 0.00000169. The number of alkyl halides is 2. The lowest BCUT2D eigenvalue weighted by molar-refractivity contribution is -0.124. The van der Waals surface area contributed by atoms with Crippen LogP contribution in [0.25, 0.3) is 0 Å². The van der Waals surface area contributed by atoms with Crippen molar-refractivity contribution in [2.24, 2.45) is 0 Å². The van der Waals surface area contributed by atoms with E-state index in [1.807, 2.05) is 6.07 Å². The van der Waals surface area contributed by atoms with Gasteiger partial charge in [0.1, 0.15) is 0 Å². The number of rotatable bonds is 5. The van der Waals surface area contributed by atoms with E-state index in [0.717, 1.165) is 38.9 Å². The third-order valence-corrected chi connectivity index (χ3v) is 4.92. The third-order valence-electron chi connectivity index (χ3n) is 4.92. The summed E-state index contributed by atoms with van der Waals surface area (Å²) in [5.74, 6) is -3.04. The van der Waals surface area contributed by atoms with Crippen molar-refractivity contribution in [1.82, 2.24) is 15.5 Å². The van der Waals surface area contributed by atoms with Crippen LogP contribution in [-0.4, -0.2) is 55.0 Å². The largest absolute Gasteiger partial charge is 0.352 e. The first-order valence-electron chi connectivity index (χ1n) is 8.70. The number of carbonyl (C=O) groups excluding carboxylic acids is 1. The van der Waals surface area contributed by atoms with E-state index in [1.165, 1.54) is 5.56 Å². The van der Waals surface area contributed by atoms with Crippen LogP contribution in [0.15, 0.2) is 30.3 Å². The second-order valence-corrected chi connectivity index (χ2v) is 6.85. The van der Waals surface area contributed by atoms with Crippen molar-refractivity contribution in [3.05, 3.63) is 35.9 Å². The van der Waals surface area contributed by atoms with E-state index < -0.39 is 24.9 Å². The van der Waals surface area contributed by atoms with Gasteiger partial charge in [0, 0.05) is 32.1 Å². The Morgan fingerprint density at radius 2 is 1.85 bits per heavy atom. The highest BCUT2D eigenvalue weighted by Gasteiger charge is 2.42. The molecule has 0 spiro atoms. The minimum Gasteiger partial charge on any atom is -0.352 e. The summed E-state index contributed by atoms with van der Waals surface area (Å²) >= 11 is 0. The maximum Gasteiger partial charge on any atom is 0.262 e. The Morgan fingerprint density at radius 3 is 2.42 bits per heavy atom. The minimum atomic E-state index is -2.76. The molecule has 0 bridgehead atoms. The van der Waals surface area contributed by atoms with Crippen molar-refractivity contribution in [2.45, 2.75) is 43.7 Å². The molecular weight excluding hydrogens is 383 g/mol. The topological polar surface area (TPSA) is 44.4 Å². The quantitative estimate of drug-likeness (QED) is 0.785. The zero-order chi connectivity index (χ0) is 17.0. The number of hydrogen-bond donors (Lipinski definition) is 2. The standard InChI is InChI=1S/C18H25F2N3O.2ClH/c19-18(20)12-16(21-13-18)17(24)22-15-7-10-23(11-8-15)9-6-14-4-2-1-3-5-14;;/h1-5,15-16,21H,6-13H2,(H,22,24);2*1H. The summed E-state index contributed by atoms with van der Waals surface area (Å²) in [6, 6.07) is 9.74. The van der Waals surface area contributed by atoms with Crippen LogP contribution in [0.5, 0.6) is 0 Å². The zero-order valence-corrected chi connectivity index (χ0v) is 16.3. The Kier molecular flexibility index (Phi) is 9.24. The van der Waals surface area contributed by atoms with Gasteiger partial charge in [0.2, 0.25) is 5.91 Å². The van der Waals surface area contributed by atoms with E-state index in [4.69, 9.17) is 0 Å². The maximum atomic E-state index is 13.2. The van der Waals surface area contributed by atoms with Crippen molar-refractivity contribution in [3.8, 4) is 0 Å². The van der Waals surface area contributed by atoms with Gasteiger partial charge in [0.25, 0.3) is 5.92 Å². The van der Waals surface area contributed by atoms with Crippen LogP contribution in [0.1, 0.15) is 24.8 Å². The molecule has 2 aliphatic heterocycles. The molecule has 8 heteroatoms. The first kappa shape index (κ1) is 23.1. The molecule has 2 aliphatic rings. The molecular formula is C18H27Cl2F2N3O. The fraction of sp³-hybridized carbons (Fsp3) is 0.611. The average Bonchev–Trinajstić information content (AvgIpc) is 2.95. The van der Waals surface area contributed by atoms with Crippen molar-refractivity contribution in [1.29, 1.82) is 0 Å². The molecule has 4 nitrogen and oxygen atoms in total. The Hall–Kier alpha value is -0.950. The summed E-state index contributed by atoms with van der Waals surface area (Å²) in [6.45, 7) is 2.49. The van der Waals surface area contributed by atoms with Gasteiger partial charge in [-0.1, -0.05) is 30.3 Å². The fourth-order valence-corrected chi connectivity index (χ4v) is 3.44. The van der Waals surface area contributed by atoms with Crippen LogP contribution >= 0.6 is 24.8 Å². The molecule has 1 aromatic carbocycles. The van der Waals surface area contributed by atoms with Crippen LogP contribution < -0.4 is 10.6 Å². The summed E-state index contributed by atoms with van der Waals surface area (Å²) in [5, 5.41) is 5.54. The lowest BCUT2D eigenvalue weighted by Crippen LogP contribution is -2.49. The van der Waals surface area contributed by atoms with E-state index in [0.29, 0.717) is 0 Å². The maximum absolute atomic E-state index is 13.2. The average molecular weight is 410 g/mol. The van der Waals surface area contributed by atoms with Gasteiger partial charge in [-0.15, -0.1) is 24.8 Å². The van der Waals surface area contributed by atoms with Crippen molar-refractivity contribution >= 4 is 30.7 Å². The molecule has 1 atom stereocenters. The lowest BCUT2D eigenvalue weighted by Gasteiger charge is -2.32. The molecule has 1 unspecified atom stereocenters.